The van der Waals surface area contributed by atoms with Crippen LogP contribution in [0.4, 0.5) is 11.4 Å². The zero-order valence-corrected chi connectivity index (χ0v) is 24.4. The van der Waals surface area contributed by atoms with Gasteiger partial charge in [-0.3, -0.25) is 9.78 Å². The fourth-order valence-electron chi connectivity index (χ4n) is 5.57. The normalized spacial score (nSPS) is 16.7. The summed E-state index contributed by atoms with van der Waals surface area (Å²) in [5.74, 6) is -0.191. The summed E-state index contributed by atoms with van der Waals surface area (Å²) < 4.78 is 7.27. The van der Waals surface area contributed by atoms with E-state index in [4.69, 9.17) is 21.9 Å². The number of ether oxygens (including phenoxy) is 1. The summed E-state index contributed by atoms with van der Waals surface area (Å²) >= 11 is 5.96. The minimum absolute atomic E-state index is 0.00589. The van der Waals surface area contributed by atoms with E-state index in [1.807, 2.05) is 43.5 Å². The zero-order valence-electron chi connectivity index (χ0n) is 23.6. The molecule has 7 nitrogen and oxygen atoms in total. The number of aryl methyl sites for hydroxylation is 3. The molecular formula is C32H35N5O2S. The third kappa shape index (κ3) is 5.24. The molecule has 2 N–H and O–H groups in total. The highest BCUT2D eigenvalue weighted by Gasteiger charge is 2.42. The minimum Gasteiger partial charge on any atom is -0.375 e. The Labute approximate surface area is 241 Å². The summed E-state index contributed by atoms with van der Waals surface area (Å²) in [6.07, 6.45) is 2.83. The number of anilines is 2. The second-order valence-electron chi connectivity index (χ2n) is 10.2. The van der Waals surface area contributed by atoms with Crippen LogP contribution in [0.2, 0.25) is 0 Å². The van der Waals surface area contributed by atoms with Crippen LogP contribution >= 0.6 is 12.2 Å². The maximum Gasteiger partial charge on any atom is 0.250 e. The molecule has 2 aromatic heterocycles. The van der Waals surface area contributed by atoms with Crippen LogP contribution in [0.3, 0.4) is 0 Å². The van der Waals surface area contributed by atoms with Crippen molar-refractivity contribution in [2.75, 3.05) is 23.9 Å². The van der Waals surface area contributed by atoms with Gasteiger partial charge in [-0.05, 0) is 105 Å². The van der Waals surface area contributed by atoms with Crippen molar-refractivity contribution in [3.8, 4) is 5.69 Å². The highest BCUT2D eigenvalue weighted by Crippen LogP contribution is 2.44. The van der Waals surface area contributed by atoms with Gasteiger partial charge in [-0.15, -0.1) is 0 Å². The van der Waals surface area contributed by atoms with Gasteiger partial charge in [0.05, 0.1) is 17.8 Å². The third-order valence-corrected chi connectivity index (χ3v) is 7.84. The Morgan fingerprint density at radius 1 is 1.05 bits per heavy atom. The Kier molecular flexibility index (Phi) is 8.00. The number of rotatable bonds is 8. The van der Waals surface area contributed by atoms with Crippen molar-refractivity contribution in [1.82, 2.24) is 14.9 Å². The largest absolute Gasteiger partial charge is 0.375 e. The lowest BCUT2D eigenvalue weighted by Crippen LogP contribution is -2.29. The Morgan fingerprint density at radius 2 is 1.80 bits per heavy atom. The number of hydrogen-bond acceptors (Lipinski definition) is 4. The standard InChI is InChI=1S/C32H35N5O2S/c1-6-23-10-12-24(13-11-23)36-21(3)18-26(22(36)4)31-30(28-9-7-8-16-33-28)35-32(40)37(31)25-14-15-27(20(2)17-25)34-29(38)19-39-5/h7-18,30-31H,6,19H2,1-5H3,(H,34,38)(H,35,40)/t30-,31+/m1/s1. The number of methoxy groups -OCH3 is 1. The lowest BCUT2D eigenvalue weighted by atomic mass is 9.96. The van der Waals surface area contributed by atoms with Gasteiger partial charge >= 0.3 is 0 Å². The van der Waals surface area contributed by atoms with Crippen LogP contribution in [0.15, 0.2) is 72.9 Å². The summed E-state index contributed by atoms with van der Waals surface area (Å²) in [4.78, 5) is 19.0. The average Bonchev–Trinajstić information content (AvgIpc) is 3.45. The van der Waals surface area contributed by atoms with Gasteiger partial charge in [-0.2, -0.15) is 0 Å². The molecule has 0 saturated carbocycles. The summed E-state index contributed by atoms with van der Waals surface area (Å²) in [6, 6.07) is 22.7. The molecule has 40 heavy (non-hydrogen) atoms. The number of benzene rings is 2. The van der Waals surface area contributed by atoms with E-state index >= 15 is 0 Å². The van der Waals surface area contributed by atoms with E-state index in [-0.39, 0.29) is 24.6 Å². The van der Waals surface area contributed by atoms with Crippen molar-refractivity contribution < 1.29 is 9.53 Å². The quantitative estimate of drug-likeness (QED) is 0.256. The van der Waals surface area contributed by atoms with E-state index in [0.717, 1.165) is 46.1 Å². The predicted molar refractivity (Wildman–Crippen MR) is 164 cm³/mol. The molecule has 206 valence electrons. The van der Waals surface area contributed by atoms with E-state index in [9.17, 15) is 4.79 Å². The monoisotopic (exact) mass is 553 g/mol. The maximum absolute atomic E-state index is 12.1. The molecule has 1 saturated heterocycles. The molecule has 2 atom stereocenters. The minimum atomic E-state index is -0.191. The number of nitrogens with zero attached hydrogens (tertiary/aromatic N) is 3. The molecule has 4 aromatic rings. The van der Waals surface area contributed by atoms with Crippen LogP contribution in [-0.2, 0) is 16.0 Å². The van der Waals surface area contributed by atoms with Crippen LogP contribution in [0.1, 0.15) is 52.8 Å². The van der Waals surface area contributed by atoms with Crippen molar-refractivity contribution >= 4 is 34.6 Å². The SMILES string of the molecule is CCc1ccc(-n2c(C)cc([C@H]3[C@@H](c4ccccn4)NC(=S)N3c3ccc(NC(=O)COC)c(C)c3)c2C)cc1. The number of carbonyl (C=O) groups is 1. The number of thiocarbonyl (C=S) groups is 1. The van der Waals surface area contributed by atoms with E-state index in [1.54, 1.807) is 0 Å². The van der Waals surface area contributed by atoms with Crippen molar-refractivity contribution in [3.63, 3.8) is 0 Å². The Morgan fingerprint density at radius 3 is 2.45 bits per heavy atom. The molecule has 1 fully saturated rings. The van der Waals surface area contributed by atoms with Crippen LogP contribution in [-0.4, -0.2) is 34.3 Å². The zero-order chi connectivity index (χ0) is 28.4. The van der Waals surface area contributed by atoms with Gasteiger partial charge in [-0.1, -0.05) is 25.1 Å². The van der Waals surface area contributed by atoms with E-state index < -0.39 is 0 Å². The van der Waals surface area contributed by atoms with Crippen LogP contribution < -0.4 is 15.5 Å². The fraction of sp³-hybridized carbons (Fsp3) is 0.281. The maximum atomic E-state index is 12.1. The van der Waals surface area contributed by atoms with Gasteiger partial charge in [0.2, 0.25) is 5.91 Å². The second-order valence-corrected chi connectivity index (χ2v) is 10.5. The Bertz CT molecular complexity index is 1530. The molecule has 0 aliphatic carbocycles. The number of aromatic nitrogens is 2. The molecule has 0 unspecified atom stereocenters. The topological polar surface area (TPSA) is 71.4 Å². The van der Waals surface area contributed by atoms with Gasteiger partial charge in [0.1, 0.15) is 6.61 Å². The van der Waals surface area contributed by atoms with Crippen molar-refractivity contribution in [2.45, 2.75) is 46.2 Å². The predicted octanol–water partition coefficient (Wildman–Crippen LogP) is 6.12. The molecule has 0 spiro atoms. The molecule has 3 heterocycles. The number of carbonyl (C=O) groups excluding carboxylic acids is 1. The van der Waals surface area contributed by atoms with E-state index in [1.165, 1.54) is 18.2 Å². The van der Waals surface area contributed by atoms with Gasteiger partial charge in [0.25, 0.3) is 0 Å². The molecule has 2 aromatic carbocycles. The molecule has 1 amide bonds. The molecule has 5 rings (SSSR count). The van der Waals surface area contributed by atoms with E-state index in [0.29, 0.717) is 5.11 Å². The van der Waals surface area contributed by atoms with Crippen LogP contribution in [0, 0.1) is 20.8 Å². The van der Waals surface area contributed by atoms with Gasteiger partial charge in [0.15, 0.2) is 5.11 Å². The molecule has 1 aliphatic heterocycles. The van der Waals surface area contributed by atoms with Gasteiger partial charge in [0, 0.05) is 41.8 Å². The molecule has 1 aliphatic rings. The lowest BCUT2D eigenvalue weighted by Gasteiger charge is -2.29. The van der Waals surface area contributed by atoms with Gasteiger partial charge < -0.3 is 24.8 Å². The van der Waals surface area contributed by atoms with Crippen LogP contribution in [0.5, 0.6) is 0 Å². The smallest absolute Gasteiger partial charge is 0.250 e. The van der Waals surface area contributed by atoms with Gasteiger partial charge in [-0.25, -0.2) is 0 Å². The third-order valence-electron chi connectivity index (χ3n) is 7.53. The summed E-state index contributed by atoms with van der Waals surface area (Å²) in [5, 5.41) is 7.11. The summed E-state index contributed by atoms with van der Waals surface area (Å²) in [7, 11) is 1.51. The molecule has 8 heteroatoms. The first-order chi connectivity index (χ1) is 19.3. The first-order valence-electron chi connectivity index (χ1n) is 13.5. The Hall–Kier alpha value is -4.01. The average molecular weight is 554 g/mol. The first-order valence-corrected chi connectivity index (χ1v) is 13.9. The van der Waals surface area contributed by atoms with Crippen molar-refractivity contribution in [1.29, 1.82) is 0 Å². The highest BCUT2D eigenvalue weighted by molar-refractivity contribution is 7.80. The second kappa shape index (κ2) is 11.6. The lowest BCUT2D eigenvalue weighted by molar-refractivity contribution is -0.119. The number of nitrogens with one attached hydrogen (secondary N) is 2. The summed E-state index contributed by atoms with van der Waals surface area (Å²) in [6.45, 7) is 8.47. The van der Waals surface area contributed by atoms with Crippen LogP contribution in [0.25, 0.3) is 5.69 Å². The highest BCUT2D eigenvalue weighted by atomic mass is 32.1. The Balaban J connectivity index is 1.59. The molecular weight excluding hydrogens is 518 g/mol. The van der Waals surface area contributed by atoms with E-state index in [2.05, 4.69) is 77.3 Å². The number of amides is 1. The number of hydrogen-bond donors (Lipinski definition) is 2. The van der Waals surface area contributed by atoms with Crippen molar-refractivity contribution in [3.05, 3.63) is 107 Å². The summed E-state index contributed by atoms with van der Waals surface area (Å²) in [5.41, 5.74) is 9.49. The first kappa shape index (κ1) is 27.6. The molecule has 0 radical (unpaired) electrons. The fourth-order valence-corrected chi connectivity index (χ4v) is 5.92. The molecule has 0 bridgehead atoms. The number of pyridine rings is 1. The van der Waals surface area contributed by atoms with Crippen molar-refractivity contribution in [2.24, 2.45) is 0 Å².